The van der Waals surface area contributed by atoms with E-state index in [1.54, 1.807) is 4.90 Å². The summed E-state index contributed by atoms with van der Waals surface area (Å²) in [5.74, 6) is 0.213. The van der Waals surface area contributed by atoms with Crippen molar-refractivity contribution in [2.24, 2.45) is 0 Å². The lowest BCUT2D eigenvalue weighted by Crippen LogP contribution is -2.36. The predicted molar refractivity (Wildman–Crippen MR) is 76.3 cm³/mol. The van der Waals surface area contributed by atoms with Gasteiger partial charge in [-0.1, -0.05) is 0 Å². The van der Waals surface area contributed by atoms with Gasteiger partial charge >= 0.3 is 5.97 Å². The van der Waals surface area contributed by atoms with Crippen LogP contribution in [0, 0.1) is 6.92 Å². The number of carbonyl (C=O) groups is 1. The lowest BCUT2D eigenvalue weighted by molar-refractivity contribution is -0.135. The monoisotopic (exact) mass is 282 g/mol. The summed E-state index contributed by atoms with van der Waals surface area (Å²) in [5.41, 5.74) is 0.759. The van der Waals surface area contributed by atoms with Crippen LogP contribution in [0.4, 0.5) is 5.82 Å². The summed E-state index contributed by atoms with van der Waals surface area (Å²) in [7, 11) is 3.88. The number of likely N-dealkylation sites (N-methyl/N-ethyl adjacent to an activating group) is 1. The van der Waals surface area contributed by atoms with E-state index in [4.69, 9.17) is 9.84 Å². The van der Waals surface area contributed by atoms with Gasteiger partial charge in [0.25, 0.3) is 0 Å². The molecule has 7 nitrogen and oxygen atoms in total. The number of aromatic nitrogens is 2. The van der Waals surface area contributed by atoms with Gasteiger partial charge in [-0.05, 0) is 27.9 Å². The molecule has 0 aliphatic carbocycles. The van der Waals surface area contributed by atoms with Crippen LogP contribution in [0.3, 0.4) is 0 Å². The van der Waals surface area contributed by atoms with Gasteiger partial charge in [-0.3, -0.25) is 4.79 Å². The number of carboxylic acid groups (broad SMARTS) is 1. The average Bonchev–Trinajstić information content (AvgIpc) is 2.37. The first kappa shape index (κ1) is 16.2. The number of ether oxygens (including phenoxy) is 1. The highest BCUT2D eigenvalue weighted by Gasteiger charge is 2.17. The van der Waals surface area contributed by atoms with E-state index in [9.17, 15) is 4.79 Å². The van der Waals surface area contributed by atoms with Crippen LogP contribution in [-0.4, -0.2) is 66.3 Å². The molecule has 7 heteroatoms. The molecule has 0 bridgehead atoms. The number of hydrogen-bond acceptors (Lipinski definition) is 6. The van der Waals surface area contributed by atoms with E-state index in [1.165, 1.54) is 6.33 Å². The van der Waals surface area contributed by atoms with Crippen molar-refractivity contribution in [3.8, 4) is 5.88 Å². The van der Waals surface area contributed by atoms with Gasteiger partial charge in [0.15, 0.2) is 0 Å². The molecule has 0 atom stereocenters. The topological polar surface area (TPSA) is 78.8 Å². The van der Waals surface area contributed by atoms with E-state index in [-0.39, 0.29) is 6.54 Å². The fourth-order valence-electron chi connectivity index (χ4n) is 1.77. The molecule has 0 radical (unpaired) electrons. The van der Waals surface area contributed by atoms with Gasteiger partial charge in [0.05, 0.1) is 12.2 Å². The van der Waals surface area contributed by atoms with Crippen molar-refractivity contribution < 1.29 is 14.6 Å². The first-order chi connectivity index (χ1) is 9.45. The second-order valence-electron chi connectivity index (χ2n) is 4.68. The Balaban J connectivity index is 2.99. The Morgan fingerprint density at radius 3 is 2.60 bits per heavy atom. The average molecular weight is 282 g/mol. The van der Waals surface area contributed by atoms with Gasteiger partial charge in [0, 0.05) is 13.1 Å². The molecule has 0 unspecified atom stereocenters. The van der Waals surface area contributed by atoms with Crippen LogP contribution in [0.1, 0.15) is 12.5 Å². The van der Waals surface area contributed by atoms with Gasteiger partial charge in [-0.25, -0.2) is 9.97 Å². The summed E-state index contributed by atoms with van der Waals surface area (Å²) >= 11 is 0. The van der Waals surface area contributed by atoms with E-state index < -0.39 is 5.97 Å². The maximum absolute atomic E-state index is 11.0. The number of carboxylic acids is 1. The standard InChI is InChI=1S/C13H22N4O3/c1-5-20-13-10(2)12(14-9-15-13)17(8-11(18)19)7-6-16(3)4/h9H,5-8H2,1-4H3,(H,18,19). The Hall–Kier alpha value is -1.89. The molecule has 0 aliphatic rings. The molecule has 1 N–H and O–H groups in total. The molecule has 0 spiro atoms. The van der Waals surface area contributed by atoms with Gasteiger partial charge < -0.3 is 19.6 Å². The van der Waals surface area contributed by atoms with E-state index in [0.29, 0.717) is 24.8 Å². The molecule has 0 aromatic carbocycles. The largest absolute Gasteiger partial charge is 0.480 e. The fourth-order valence-corrected chi connectivity index (χ4v) is 1.77. The molecule has 1 heterocycles. The molecule has 1 aromatic rings. The van der Waals surface area contributed by atoms with Crippen LogP contribution < -0.4 is 9.64 Å². The van der Waals surface area contributed by atoms with Crippen LogP contribution in [0.2, 0.25) is 0 Å². The lowest BCUT2D eigenvalue weighted by atomic mass is 10.3. The Morgan fingerprint density at radius 1 is 1.35 bits per heavy atom. The SMILES string of the molecule is CCOc1ncnc(N(CCN(C)C)CC(=O)O)c1C. The molecule has 0 amide bonds. The number of aliphatic carboxylic acids is 1. The maximum atomic E-state index is 11.0. The molecule has 1 rings (SSSR count). The summed E-state index contributed by atoms with van der Waals surface area (Å²) < 4.78 is 5.42. The van der Waals surface area contributed by atoms with Crippen LogP contribution >= 0.6 is 0 Å². The van der Waals surface area contributed by atoms with Crippen LogP contribution in [-0.2, 0) is 4.79 Å². The smallest absolute Gasteiger partial charge is 0.323 e. The second kappa shape index (κ2) is 7.64. The molecule has 1 aromatic heterocycles. The Kier molecular flexibility index (Phi) is 6.17. The summed E-state index contributed by atoms with van der Waals surface area (Å²) in [6.45, 7) is 5.43. The van der Waals surface area contributed by atoms with Gasteiger partial charge in [-0.2, -0.15) is 0 Å². The highest BCUT2D eigenvalue weighted by Crippen LogP contribution is 2.23. The molecular weight excluding hydrogens is 260 g/mol. The molecule has 0 aliphatic heterocycles. The lowest BCUT2D eigenvalue weighted by Gasteiger charge is -2.25. The number of nitrogens with zero attached hydrogens (tertiary/aromatic N) is 4. The van der Waals surface area contributed by atoms with Crippen LogP contribution in [0.5, 0.6) is 5.88 Å². The van der Waals surface area contributed by atoms with Crippen molar-refractivity contribution in [3.63, 3.8) is 0 Å². The Morgan fingerprint density at radius 2 is 2.05 bits per heavy atom. The van der Waals surface area contributed by atoms with Crippen molar-refractivity contribution in [2.45, 2.75) is 13.8 Å². The third-order valence-electron chi connectivity index (χ3n) is 2.74. The Labute approximate surface area is 119 Å². The summed E-state index contributed by atoms with van der Waals surface area (Å²) in [6.07, 6.45) is 1.40. The Bertz CT molecular complexity index is 451. The number of hydrogen-bond donors (Lipinski definition) is 1. The summed E-state index contributed by atoms with van der Waals surface area (Å²) in [6, 6.07) is 0. The first-order valence-corrected chi connectivity index (χ1v) is 6.51. The van der Waals surface area contributed by atoms with Gasteiger partial charge in [-0.15, -0.1) is 0 Å². The molecule has 112 valence electrons. The van der Waals surface area contributed by atoms with Crippen molar-refractivity contribution in [2.75, 3.05) is 45.2 Å². The van der Waals surface area contributed by atoms with E-state index in [2.05, 4.69) is 9.97 Å². The van der Waals surface area contributed by atoms with Gasteiger partial charge in [0.2, 0.25) is 5.88 Å². The zero-order chi connectivity index (χ0) is 15.1. The van der Waals surface area contributed by atoms with Crippen LogP contribution in [0.15, 0.2) is 6.33 Å². The first-order valence-electron chi connectivity index (χ1n) is 6.51. The molecule has 0 saturated heterocycles. The zero-order valence-corrected chi connectivity index (χ0v) is 12.5. The summed E-state index contributed by atoms with van der Waals surface area (Å²) in [4.78, 5) is 23.0. The highest BCUT2D eigenvalue weighted by molar-refractivity contribution is 5.73. The van der Waals surface area contributed by atoms with Crippen molar-refractivity contribution in [3.05, 3.63) is 11.9 Å². The third-order valence-corrected chi connectivity index (χ3v) is 2.74. The normalized spacial score (nSPS) is 10.7. The molecule has 0 saturated carbocycles. The van der Waals surface area contributed by atoms with Crippen molar-refractivity contribution in [1.29, 1.82) is 0 Å². The second-order valence-corrected chi connectivity index (χ2v) is 4.68. The zero-order valence-electron chi connectivity index (χ0n) is 12.5. The minimum Gasteiger partial charge on any atom is -0.480 e. The van der Waals surface area contributed by atoms with E-state index in [0.717, 1.165) is 12.1 Å². The fraction of sp³-hybridized carbons (Fsp3) is 0.615. The minimum absolute atomic E-state index is 0.0999. The quantitative estimate of drug-likeness (QED) is 0.749. The predicted octanol–water partition coefficient (Wildman–Crippen LogP) is 0.636. The minimum atomic E-state index is -0.889. The van der Waals surface area contributed by atoms with Crippen LogP contribution in [0.25, 0.3) is 0 Å². The maximum Gasteiger partial charge on any atom is 0.323 e. The molecular formula is C13H22N4O3. The molecule has 0 fully saturated rings. The van der Waals surface area contributed by atoms with Crippen molar-refractivity contribution >= 4 is 11.8 Å². The number of rotatable bonds is 8. The molecule has 20 heavy (non-hydrogen) atoms. The number of anilines is 1. The summed E-state index contributed by atoms with van der Waals surface area (Å²) in [5, 5.41) is 9.04. The van der Waals surface area contributed by atoms with E-state index in [1.807, 2.05) is 32.8 Å². The van der Waals surface area contributed by atoms with Crippen molar-refractivity contribution in [1.82, 2.24) is 14.9 Å². The van der Waals surface area contributed by atoms with Gasteiger partial charge in [0.1, 0.15) is 18.7 Å². The highest BCUT2D eigenvalue weighted by atomic mass is 16.5. The van der Waals surface area contributed by atoms with E-state index >= 15 is 0 Å². The third kappa shape index (κ3) is 4.65.